The Hall–Kier alpha value is -1.25. The SMILES string of the molecule is O=C=NC1C=CC=CC1(O)F. The van der Waals surface area contributed by atoms with E-state index in [1.165, 1.54) is 24.3 Å². The van der Waals surface area contributed by atoms with Crippen LogP contribution < -0.4 is 0 Å². The first-order valence-corrected chi connectivity index (χ1v) is 3.01. The van der Waals surface area contributed by atoms with Gasteiger partial charge < -0.3 is 5.11 Å². The van der Waals surface area contributed by atoms with E-state index in [4.69, 9.17) is 5.11 Å². The number of halogens is 1. The molecule has 0 aromatic rings. The van der Waals surface area contributed by atoms with E-state index >= 15 is 0 Å². The van der Waals surface area contributed by atoms with Gasteiger partial charge in [0, 0.05) is 0 Å². The van der Waals surface area contributed by atoms with Crippen LogP contribution in [0.15, 0.2) is 29.3 Å². The summed E-state index contributed by atoms with van der Waals surface area (Å²) in [6.45, 7) is 0. The van der Waals surface area contributed by atoms with Crippen molar-refractivity contribution in [2.24, 2.45) is 4.99 Å². The van der Waals surface area contributed by atoms with Crippen LogP contribution in [0.2, 0.25) is 0 Å². The predicted octanol–water partition coefficient (Wildman–Crippen LogP) is 0.475. The summed E-state index contributed by atoms with van der Waals surface area (Å²) in [6, 6.07) is -1.16. The van der Waals surface area contributed by atoms with E-state index in [1.54, 1.807) is 0 Å². The zero-order chi connectivity index (χ0) is 8.32. The molecule has 2 atom stereocenters. The summed E-state index contributed by atoms with van der Waals surface area (Å²) in [5, 5.41) is 8.89. The van der Waals surface area contributed by atoms with Crippen LogP contribution in [-0.2, 0) is 4.79 Å². The molecule has 0 bridgehead atoms. The fourth-order valence-electron chi connectivity index (χ4n) is 0.784. The second kappa shape index (κ2) is 2.78. The van der Waals surface area contributed by atoms with Gasteiger partial charge in [-0.15, -0.1) is 0 Å². The van der Waals surface area contributed by atoms with Crippen molar-refractivity contribution in [1.82, 2.24) is 0 Å². The van der Waals surface area contributed by atoms with Gasteiger partial charge in [0.15, 0.2) is 0 Å². The molecule has 1 N–H and O–H groups in total. The van der Waals surface area contributed by atoms with E-state index in [-0.39, 0.29) is 0 Å². The minimum atomic E-state index is -2.55. The highest BCUT2D eigenvalue weighted by Gasteiger charge is 2.33. The molecular weight excluding hydrogens is 149 g/mol. The lowest BCUT2D eigenvalue weighted by atomic mass is 10.0. The quantitative estimate of drug-likeness (QED) is 0.442. The van der Waals surface area contributed by atoms with Crippen molar-refractivity contribution >= 4 is 6.08 Å². The van der Waals surface area contributed by atoms with Gasteiger partial charge in [0.25, 0.3) is 5.85 Å². The Labute approximate surface area is 62.6 Å². The first-order chi connectivity index (χ1) is 5.17. The summed E-state index contributed by atoms with van der Waals surface area (Å²) in [4.78, 5) is 12.8. The number of aliphatic imine (C=N–C) groups is 1. The number of alkyl halides is 1. The molecule has 0 heterocycles. The van der Waals surface area contributed by atoms with Crippen molar-refractivity contribution in [3.8, 4) is 0 Å². The van der Waals surface area contributed by atoms with Gasteiger partial charge in [0.2, 0.25) is 6.08 Å². The maximum Gasteiger partial charge on any atom is 0.253 e. The first kappa shape index (κ1) is 7.85. The molecule has 1 aliphatic carbocycles. The van der Waals surface area contributed by atoms with Gasteiger partial charge in [-0.25, -0.2) is 9.18 Å². The third kappa shape index (κ3) is 1.61. The third-order valence-electron chi connectivity index (χ3n) is 1.34. The Morgan fingerprint density at radius 1 is 1.64 bits per heavy atom. The summed E-state index contributed by atoms with van der Waals surface area (Å²) in [7, 11) is 0. The van der Waals surface area contributed by atoms with Gasteiger partial charge in [0.1, 0.15) is 6.04 Å². The van der Waals surface area contributed by atoms with Crippen molar-refractivity contribution in [2.75, 3.05) is 0 Å². The number of isocyanates is 1. The largest absolute Gasteiger partial charge is 0.357 e. The monoisotopic (exact) mass is 155 g/mol. The van der Waals surface area contributed by atoms with E-state index in [0.29, 0.717) is 0 Å². The second-order valence-electron chi connectivity index (χ2n) is 2.14. The van der Waals surface area contributed by atoms with Crippen LogP contribution in [0.5, 0.6) is 0 Å². The van der Waals surface area contributed by atoms with E-state index in [2.05, 4.69) is 4.99 Å². The van der Waals surface area contributed by atoms with Crippen LogP contribution in [-0.4, -0.2) is 23.1 Å². The maximum atomic E-state index is 12.9. The zero-order valence-corrected chi connectivity index (χ0v) is 5.57. The molecule has 2 unspecified atom stereocenters. The summed E-state index contributed by atoms with van der Waals surface area (Å²) < 4.78 is 12.9. The number of nitrogens with zero attached hydrogens (tertiary/aromatic N) is 1. The molecule has 0 amide bonds. The molecular formula is C7H6FNO2. The number of allylic oxidation sites excluding steroid dienone is 2. The van der Waals surface area contributed by atoms with E-state index in [1.807, 2.05) is 0 Å². The molecule has 0 saturated carbocycles. The standard InChI is InChI=1S/C7H6FNO2/c8-7(11)4-2-1-3-6(7)9-5-10/h1-4,6,11H. The molecule has 11 heavy (non-hydrogen) atoms. The molecule has 0 fully saturated rings. The minimum absolute atomic E-state index is 0.929. The molecule has 0 saturated heterocycles. The zero-order valence-electron chi connectivity index (χ0n) is 5.57. The lowest BCUT2D eigenvalue weighted by Crippen LogP contribution is -2.34. The molecule has 0 aliphatic heterocycles. The number of hydrogen-bond donors (Lipinski definition) is 1. The topological polar surface area (TPSA) is 49.7 Å². The number of rotatable bonds is 1. The van der Waals surface area contributed by atoms with Crippen molar-refractivity contribution < 1.29 is 14.3 Å². The lowest BCUT2D eigenvalue weighted by Gasteiger charge is -2.20. The first-order valence-electron chi connectivity index (χ1n) is 3.01. The number of aliphatic hydroxyl groups is 1. The Morgan fingerprint density at radius 2 is 2.36 bits per heavy atom. The normalized spacial score (nSPS) is 34.9. The van der Waals surface area contributed by atoms with E-state index < -0.39 is 11.9 Å². The van der Waals surface area contributed by atoms with Gasteiger partial charge in [0.05, 0.1) is 0 Å². The molecule has 3 nitrogen and oxygen atoms in total. The summed E-state index contributed by atoms with van der Waals surface area (Å²) in [6.07, 6.45) is 6.24. The second-order valence-corrected chi connectivity index (χ2v) is 2.14. The van der Waals surface area contributed by atoms with Gasteiger partial charge in [-0.3, -0.25) is 0 Å². The van der Waals surface area contributed by atoms with Crippen molar-refractivity contribution in [2.45, 2.75) is 11.9 Å². The van der Waals surface area contributed by atoms with Gasteiger partial charge in [-0.2, -0.15) is 4.99 Å². The average Bonchev–Trinajstić information content (AvgIpc) is 1.94. The maximum absolute atomic E-state index is 12.9. The summed E-state index contributed by atoms with van der Waals surface area (Å²) in [5.74, 6) is -2.55. The van der Waals surface area contributed by atoms with Crippen molar-refractivity contribution in [1.29, 1.82) is 0 Å². The highest BCUT2D eigenvalue weighted by molar-refractivity contribution is 5.36. The molecule has 0 radical (unpaired) electrons. The fraction of sp³-hybridized carbons (Fsp3) is 0.286. The molecule has 1 rings (SSSR count). The van der Waals surface area contributed by atoms with Gasteiger partial charge in [-0.05, 0) is 6.08 Å². The summed E-state index contributed by atoms with van der Waals surface area (Å²) >= 11 is 0. The van der Waals surface area contributed by atoms with Crippen LogP contribution >= 0.6 is 0 Å². The summed E-state index contributed by atoms with van der Waals surface area (Å²) in [5.41, 5.74) is 0. The van der Waals surface area contributed by atoms with Crippen LogP contribution in [0.3, 0.4) is 0 Å². The van der Waals surface area contributed by atoms with Crippen LogP contribution in [0.4, 0.5) is 4.39 Å². The number of carbonyl (C=O) groups excluding carboxylic acids is 1. The Morgan fingerprint density at radius 3 is 2.91 bits per heavy atom. The van der Waals surface area contributed by atoms with E-state index in [0.717, 1.165) is 6.08 Å². The smallest absolute Gasteiger partial charge is 0.253 e. The predicted molar refractivity (Wildman–Crippen MR) is 36.2 cm³/mol. The highest BCUT2D eigenvalue weighted by atomic mass is 19.2. The molecule has 0 aromatic heterocycles. The van der Waals surface area contributed by atoms with Crippen LogP contribution in [0, 0.1) is 0 Å². The van der Waals surface area contributed by atoms with E-state index in [9.17, 15) is 9.18 Å². The average molecular weight is 155 g/mol. The van der Waals surface area contributed by atoms with Gasteiger partial charge >= 0.3 is 0 Å². The highest BCUT2D eigenvalue weighted by Crippen LogP contribution is 2.21. The minimum Gasteiger partial charge on any atom is -0.357 e. The Balaban J connectivity index is 2.88. The molecule has 0 aromatic carbocycles. The third-order valence-corrected chi connectivity index (χ3v) is 1.34. The number of hydrogen-bond acceptors (Lipinski definition) is 3. The van der Waals surface area contributed by atoms with Gasteiger partial charge in [-0.1, -0.05) is 18.2 Å². The fourth-order valence-corrected chi connectivity index (χ4v) is 0.784. The Bertz CT molecular complexity index is 251. The molecule has 0 spiro atoms. The van der Waals surface area contributed by atoms with Crippen molar-refractivity contribution in [3.63, 3.8) is 0 Å². The van der Waals surface area contributed by atoms with Crippen LogP contribution in [0.1, 0.15) is 0 Å². The lowest BCUT2D eigenvalue weighted by molar-refractivity contribution is -0.0510. The Kier molecular flexibility index (Phi) is 1.98. The molecule has 1 aliphatic rings. The van der Waals surface area contributed by atoms with Crippen molar-refractivity contribution in [3.05, 3.63) is 24.3 Å². The van der Waals surface area contributed by atoms with Crippen LogP contribution in [0.25, 0.3) is 0 Å². The molecule has 4 heteroatoms. The molecule has 58 valence electrons.